The molecule has 0 fully saturated rings. The van der Waals surface area contributed by atoms with E-state index in [1.165, 1.54) is 6.92 Å². The molecule has 0 radical (unpaired) electrons. The molecule has 14 nitrogen and oxygen atoms in total. The molecule has 232 valence electrons. The number of rotatable bonds is 27. The Labute approximate surface area is 239 Å². The lowest BCUT2D eigenvalue weighted by atomic mass is 10.2. The number of carbonyl (C=O) groups is 4. The molecule has 2 N–H and O–H groups in total. The first-order valence-corrected chi connectivity index (χ1v) is 13.3. The molecule has 0 aliphatic rings. The highest BCUT2D eigenvalue weighted by Crippen LogP contribution is 2.15. The highest BCUT2D eigenvalue weighted by atomic mass is 16.6. The maximum Gasteiger partial charge on any atom is 0.372 e. The van der Waals surface area contributed by atoms with E-state index in [-0.39, 0.29) is 32.0 Å². The van der Waals surface area contributed by atoms with Crippen molar-refractivity contribution >= 4 is 29.3 Å². The summed E-state index contributed by atoms with van der Waals surface area (Å²) in [5.41, 5.74) is 0.716. The number of Topliss-reactive ketones (excluding diaryl/α,β-unsaturated/α-hetero) is 1. The lowest BCUT2D eigenvalue weighted by Crippen LogP contribution is -2.17. The maximum absolute atomic E-state index is 11.3. The Balaban J connectivity index is 1.74. The quantitative estimate of drug-likeness (QED) is 0.0851. The fourth-order valence-electron chi connectivity index (χ4n) is 2.87. The summed E-state index contributed by atoms with van der Waals surface area (Å²) in [5, 5.41) is 11.1. The number of carbonyl (C=O) groups excluding carboxylic acids is 3. The number of ether oxygens (including phenoxy) is 8. The number of esters is 1. The van der Waals surface area contributed by atoms with Crippen LogP contribution in [0.4, 0.5) is 5.69 Å². The smallest absolute Gasteiger partial charge is 0.372 e. The normalized spacial score (nSPS) is 10.8. The maximum atomic E-state index is 11.3. The van der Waals surface area contributed by atoms with E-state index >= 15 is 0 Å². The van der Waals surface area contributed by atoms with Gasteiger partial charge in [-0.2, -0.15) is 0 Å². The molecule has 0 bridgehead atoms. The average molecular weight is 588 g/mol. The molecule has 0 aliphatic heterocycles. The number of carboxylic acids is 1. The molecule has 0 spiro atoms. The van der Waals surface area contributed by atoms with Gasteiger partial charge in [0.1, 0.15) is 19.0 Å². The molecule has 0 unspecified atom stereocenters. The first-order valence-electron chi connectivity index (χ1n) is 13.3. The van der Waals surface area contributed by atoms with Crippen LogP contribution in [0.3, 0.4) is 0 Å². The fourth-order valence-corrected chi connectivity index (χ4v) is 2.87. The second kappa shape index (κ2) is 24.6. The van der Waals surface area contributed by atoms with Gasteiger partial charge in [-0.15, -0.1) is 0 Å². The second-order valence-electron chi connectivity index (χ2n) is 8.18. The summed E-state index contributed by atoms with van der Waals surface area (Å²) in [4.78, 5) is 43.6. The molecule has 0 saturated carbocycles. The molecule has 1 aromatic rings. The molecule has 1 amide bonds. The van der Waals surface area contributed by atoms with Crippen LogP contribution in [-0.2, 0) is 52.3 Å². The van der Waals surface area contributed by atoms with Crippen LogP contribution in [0.25, 0.3) is 0 Å². The standard InChI is InChI=1S/C27H41NO13/c1-22(29)28-23-2-4-24(5-3-23)40-20-18-38-16-14-36-12-10-34-8-9-35-11-13-37-15-17-39-19-21-41-26(31)7-6-25(30)27(32)33/h2-5H,6-21H2,1H3,(H,28,29)(H,32,33). The molecule has 14 heteroatoms. The molecule has 0 aliphatic carbocycles. The number of aliphatic carboxylic acids is 1. The fraction of sp³-hybridized carbons (Fsp3) is 0.630. The van der Waals surface area contributed by atoms with Crippen LogP contribution in [0.2, 0.25) is 0 Å². The lowest BCUT2D eigenvalue weighted by Gasteiger charge is -2.09. The van der Waals surface area contributed by atoms with Crippen LogP contribution in [0.15, 0.2) is 24.3 Å². The average Bonchev–Trinajstić information content (AvgIpc) is 2.94. The van der Waals surface area contributed by atoms with Crippen molar-refractivity contribution in [1.29, 1.82) is 0 Å². The molecule has 41 heavy (non-hydrogen) atoms. The van der Waals surface area contributed by atoms with Crippen LogP contribution < -0.4 is 10.1 Å². The van der Waals surface area contributed by atoms with E-state index in [1.807, 2.05) is 0 Å². The van der Waals surface area contributed by atoms with Gasteiger partial charge in [0.25, 0.3) is 0 Å². The van der Waals surface area contributed by atoms with Crippen LogP contribution >= 0.6 is 0 Å². The number of benzene rings is 1. The molecule has 0 saturated heterocycles. The zero-order chi connectivity index (χ0) is 30.0. The Bertz CT molecular complexity index is 863. The zero-order valence-corrected chi connectivity index (χ0v) is 23.5. The first-order chi connectivity index (χ1) is 19.9. The highest BCUT2D eigenvalue weighted by molar-refractivity contribution is 6.32. The van der Waals surface area contributed by atoms with Crippen LogP contribution in [0.1, 0.15) is 19.8 Å². The van der Waals surface area contributed by atoms with Crippen LogP contribution in [0, 0.1) is 0 Å². The number of hydrogen-bond donors (Lipinski definition) is 2. The first kappa shape index (κ1) is 35.9. The van der Waals surface area contributed by atoms with Gasteiger partial charge < -0.3 is 48.3 Å². The van der Waals surface area contributed by atoms with Crippen molar-refractivity contribution in [3.63, 3.8) is 0 Å². The van der Waals surface area contributed by atoms with Gasteiger partial charge in [0.05, 0.1) is 85.7 Å². The predicted octanol–water partition coefficient (Wildman–Crippen LogP) is 1.10. The summed E-state index contributed by atoms with van der Waals surface area (Å²) in [6.45, 7) is 6.63. The van der Waals surface area contributed by atoms with Gasteiger partial charge in [-0.1, -0.05) is 0 Å². The van der Waals surface area contributed by atoms with Crippen molar-refractivity contribution < 1.29 is 62.2 Å². The van der Waals surface area contributed by atoms with E-state index in [9.17, 15) is 19.2 Å². The molecular weight excluding hydrogens is 546 g/mol. The Hall–Kier alpha value is -3.14. The highest BCUT2D eigenvalue weighted by Gasteiger charge is 2.14. The van der Waals surface area contributed by atoms with E-state index in [0.29, 0.717) is 90.7 Å². The van der Waals surface area contributed by atoms with Crippen molar-refractivity contribution in [2.24, 2.45) is 0 Å². The van der Waals surface area contributed by atoms with Crippen molar-refractivity contribution in [2.45, 2.75) is 19.8 Å². The number of carboxylic acid groups (broad SMARTS) is 1. The Morgan fingerprint density at radius 3 is 1.44 bits per heavy atom. The van der Waals surface area contributed by atoms with Gasteiger partial charge in [0, 0.05) is 19.0 Å². The van der Waals surface area contributed by atoms with Crippen LogP contribution in [-0.4, -0.2) is 121 Å². The molecule has 0 atom stereocenters. The summed E-state index contributed by atoms with van der Waals surface area (Å²) < 4.78 is 42.7. The predicted molar refractivity (Wildman–Crippen MR) is 144 cm³/mol. The SMILES string of the molecule is CC(=O)Nc1ccc(OCCOCCOCCOCCOCCOCCOCCOC(=O)CCC(=O)C(=O)O)cc1. The van der Waals surface area contributed by atoms with E-state index < -0.39 is 17.7 Å². The number of anilines is 1. The topological polar surface area (TPSA) is 174 Å². The van der Waals surface area contributed by atoms with Gasteiger partial charge >= 0.3 is 11.9 Å². The Morgan fingerprint density at radius 2 is 1.02 bits per heavy atom. The van der Waals surface area contributed by atoms with Gasteiger partial charge in [0.2, 0.25) is 11.7 Å². The minimum atomic E-state index is -1.56. The summed E-state index contributed by atoms with van der Waals surface area (Å²) >= 11 is 0. The van der Waals surface area contributed by atoms with Crippen molar-refractivity contribution in [3.05, 3.63) is 24.3 Å². The van der Waals surface area contributed by atoms with Gasteiger partial charge in [-0.05, 0) is 24.3 Å². The second-order valence-corrected chi connectivity index (χ2v) is 8.18. The number of amides is 1. The van der Waals surface area contributed by atoms with Crippen molar-refractivity contribution in [3.8, 4) is 5.75 Å². The van der Waals surface area contributed by atoms with E-state index in [0.717, 1.165) is 0 Å². The molecule has 0 heterocycles. The third-order valence-electron chi connectivity index (χ3n) is 4.82. The molecule has 0 aromatic heterocycles. The summed E-state index contributed by atoms with van der Waals surface area (Å²) in [5.74, 6) is -2.67. The monoisotopic (exact) mass is 587 g/mol. The third-order valence-corrected chi connectivity index (χ3v) is 4.82. The molecule has 1 rings (SSSR count). The van der Waals surface area contributed by atoms with Gasteiger partial charge in [0.15, 0.2) is 0 Å². The largest absolute Gasteiger partial charge is 0.491 e. The zero-order valence-electron chi connectivity index (χ0n) is 23.5. The lowest BCUT2D eigenvalue weighted by molar-refractivity contribution is -0.151. The Morgan fingerprint density at radius 1 is 0.610 bits per heavy atom. The summed E-state index contributed by atoms with van der Waals surface area (Å²) in [6, 6.07) is 7.10. The number of hydrogen-bond acceptors (Lipinski definition) is 12. The Kier molecular flexibility index (Phi) is 21.6. The van der Waals surface area contributed by atoms with E-state index in [4.69, 9.17) is 43.0 Å². The minimum Gasteiger partial charge on any atom is -0.491 e. The van der Waals surface area contributed by atoms with E-state index in [2.05, 4.69) is 5.32 Å². The summed E-state index contributed by atoms with van der Waals surface area (Å²) in [6.07, 6.45) is -0.663. The van der Waals surface area contributed by atoms with Gasteiger partial charge in [-0.3, -0.25) is 14.4 Å². The summed E-state index contributed by atoms with van der Waals surface area (Å²) in [7, 11) is 0. The van der Waals surface area contributed by atoms with E-state index in [1.54, 1.807) is 24.3 Å². The van der Waals surface area contributed by atoms with Crippen molar-refractivity contribution in [2.75, 3.05) is 97.8 Å². The van der Waals surface area contributed by atoms with Gasteiger partial charge in [-0.25, -0.2) is 4.79 Å². The number of nitrogens with one attached hydrogen (secondary N) is 1. The van der Waals surface area contributed by atoms with Crippen molar-refractivity contribution in [1.82, 2.24) is 0 Å². The molecule has 1 aromatic carbocycles. The third kappa shape index (κ3) is 22.3. The molecular formula is C27H41NO13. The number of ketones is 1. The van der Waals surface area contributed by atoms with Crippen LogP contribution in [0.5, 0.6) is 5.75 Å². The minimum absolute atomic E-state index is 0.0117.